The number of hydrogen-bond acceptors (Lipinski definition) is 6. The van der Waals surface area contributed by atoms with E-state index in [0.717, 1.165) is 80.1 Å². The molecule has 32 heavy (non-hydrogen) atoms. The van der Waals surface area contributed by atoms with Crippen molar-refractivity contribution in [3.05, 3.63) is 47.8 Å². The van der Waals surface area contributed by atoms with Gasteiger partial charge in [0.2, 0.25) is 0 Å². The van der Waals surface area contributed by atoms with E-state index in [4.69, 9.17) is 19.6 Å². The van der Waals surface area contributed by atoms with Crippen LogP contribution in [0.1, 0.15) is 54.2 Å². The second-order valence-electron chi connectivity index (χ2n) is 9.45. The van der Waals surface area contributed by atoms with Crippen molar-refractivity contribution in [2.75, 3.05) is 38.3 Å². The van der Waals surface area contributed by atoms with Crippen LogP contribution in [0.25, 0.3) is 16.7 Å². The van der Waals surface area contributed by atoms with Gasteiger partial charge in [0.25, 0.3) is 0 Å². The minimum absolute atomic E-state index is 0.325. The number of rotatable bonds is 4. The van der Waals surface area contributed by atoms with Crippen molar-refractivity contribution in [1.82, 2.24) is 14.8 Å². The highest BCUT2D eigenvalue weighted by atomic mass is 16.5. The lowest BCUT2D eigenvalue weighted by molar-refractivity contribution is -0.000110. The van der Waals surface area contributed by atoms with Gasteiger partial charge in [-0.1, -0.05) is 24.6 Å². The molecule has 4 heterocycles. The lowest BCUT2D eigenvalue weighted by Crippen LogP contribution is -2.58. The van der Waals surface area contributed by atoms with Crippen LogP contribution >= 0.6 is 0 Å². The van der Waals surface area contributed by atoms with Crippen molar-refractivity contribution in [2.24, 2.45) is 5.41 Å². The number of esters is 1. The van der Waals surface area contributed by atoms with Crippen LogP contribution in [0.4, 0.5) is 5.69 Å². The van der Waals surface area contributed by atoms with Crippen LogP contribution in [0.5, 0.6) is 0 Å². The minimum atomic E-state index is -0.416. The maximum atomic E-state index is 12.5. The van der Waals surface area contributed by atoms with E-state index in [2.05, 4.69) is 4.90 Å². The summed E-state index contributed by atoms with van der Waals surface area (Å²) in [4.78, 5) is 19.7. The first-order valence-corrected chi connectivity index (χ1v) is 11.6. The van der Waals surface area contributed by atoms with Crippen LogP contribution < -0.4 is 4.90 Å². The molecule has 1 aliphatic carbocycles. The summed E-state index contributed by atoms with van der Waals surface area (Å²) in [5, 5.41) is 6.16. The predicted octanol–water partition coefficient (Wildman–Crippen LogP) is 4.09. The average Bonchev–Trinajstić information content (AvgIpc) is 3.15. The number of hydrogen-bond donors (Lipinski definition) is 0. The van der Waals surface area contributed by atoms with Crippen LogP contribution in [0.3, 0.4) is 0 Å². The number of nitrogens with zero attached hydrogens (tertiary/aromatic N) is 4. The fourth-order valence-corrected chi connectivity index (χ4v) is 5.35. The minimum Gasteiger partial charge on any atom is -0.464 e. The summed E-state index contributed by atoms with van der Waals surface area (Å²) in [6.45, 7) is 3.64. The van der Waals surface area contributed by atoms with E-state index in [9.17, 15) is 4.79 Å². The van der Waals surface area contributed by atoms with Crippen molar-refractivity contribution >= 4 is 22.7 Å². The molecule has 7 heteroatoms. The van der Waals surface area contributed by atoms with Crippen molar-refractivity contribution in [3.63, 3.8) is 0 Å². The number of benzene rings is 1. The van der Waals surface area contributed by atoms with Crippen LogP contribution in [0.15, 0.2) is 36.4 Å². The van der Waals surface area contributed by atoms with Gasteiger partial charge in [0.1, 0.15) is 0 Å². The van der Waals surface area contributed by atoms with Gasteiger partial charge in [0.15, 0.2) is 11.3 Å². The van der Waals surface area contributed by atoms with Gasteiger partial charge in [-0.2, -0.15) is 5.10 Å². The Morgan fingerprint density at radius 3 is 2.56 bits per heavy atom. The number of pyridine rings is 1. The van der Waals surface area contributed by atoms with Gasteiger partial charge in [-0.3, -0.25) is 0 Å². The molecule has 0 bridgehead atoms. The Morgan fingerprint density at radius 2 is 1.91 bits per heavy atom. The molecule has 2 aliphatic heterocycles. The van der Waals surface area contributed by atoms with Gasteiger partial charge >= 0.3 is 5.97 Å². The Kier molecular flexibility index (Phi) is 4.68. The number of aromatic nitrogens is 3. The molecular formula is C25H28N4O3. The topological polar surface area (TPSA) is 69.5 Å². The smallest absolute Gasteiger partial charge is 0.356 e. The Balaban J connectivity index is 1.52. The van der Waals surface area contributed by atoms with Gasteiger partial charge < -0.3 is 14.4 Å². The van der Waals surface area contributed by atoms with Gasteiger partial charge in [0, 0.05) is 37.6 Å². The molecule has 0 N–H and O–H groups in total. The molecule has 2 aromatic heterocycles. The highest BCUT2D eigenvalue weighted by Gasteiger charge is 2.45. The molecule has 0 atom stereocenters. The molecule has 166 valence electrons. The summed E-state index contributed by atoms with van der Waals surface area (Å²) < 4.78 is 12.6. The van der Waals surface area contributed by atoms with Crippen LogP contribution in [0.2, 0.25) is 0 Å². The van der Waals surface area contributed by atoms with Gasteiger partial charge in [-0.15, -0.1) is 0 Å². The standard InChI is InChI=1S/C25H28N4O3/c1-31-24(30)19-14-20(28-15-25(16-28)10-12-32-13-11-25)21-22(17-6-5-7-17)27-29(23(21)26-19)18-8-3-2-4-9-18/h2-4,8-9,14,17H,5-7,10-13,15-16H2,1H3. The molecule has 0 unspecified atom stereocenters. The molecule has 1 saturated carbocycles. The summed E-state index contributed by atoms with van der Waals surface area (Å²) in [7, 11) is 1.41. The van der Waals surface area contributed by atoms with Crippen LogP contribution in [-0.2, 0) is 9.47 Å². The van der Waals surface area contributed by atoms with Gasteiger partial charge in [-0.05, 0) is 43.9 Å². The quantitative estimate of drug-likeness (QED) is 0.579. The number of para-hydroxylation sites is 1. The zero-order valence-electron chi connectivity index (χ0n) is 18.4. The molecule has 7 nitrogen and oxygen atoms in total. The maximum absolute atomic E-state index is 12.5. The molecule has 3 aromatic rings. The number of methoxy groups -OCH3 is 1. The first-order chi connectivity index (χ1) is 15.7. The zero-order chi connectivity index (χ0) is 21.7. The Labute approximate surface area is 187 Å². The van der Waals surface area contributed by atoms with E-state index >= 15 is 0 Å². The van der Waals surface area contributed by atoms with Crippen LogP contribution in [-0.4, -0.2) is 54.1 Å². The first kappa shape index (κ1) is 19.7. The third kappa shape index (κ3) is 3.10. The lowest BCUT2D eigenvalue weighted by Gasteiger charge is -2.53. The number of anilines is 1. The monoisotopic (exact) mass is 432 g/mol. The zero-order valence-corrected chi connectivity index (χ0v) is 18.4. The third-order valence-electron chi connectivity index (χ3n) is 7.48. The fourth-order valence-electron chi connectivity index (χ4n) is 5.35. The van der Waals surface area contributed by atoms with E-state index in [0.29, 0.717) is 17.0 Å². The Hall–Kier alpha value is -2.93. The van der Waals surface area contributed by atoms with E-state index in [-0.39, 0.29) is 0 Å². The number of carbonyl (C=O) groups excluding carboxylic acids is 1. The molecule has 2 saturated heterocycles. The second-order valence-corrected chi connectivity index (χ2v) is 9.45. The Bertz CT molecular complexity index is 1150. The number of fused-ring (bicyclic) bond motifs is 1. The summed E-state index contributed by atoms with van der Waals surface area (Å²) in [5.74, 6) is 0.0331. The predicted molar refractivity (Wildman–Crippen MR) is 121 cm³/mol. The maximum Gasteiger partial charge on any atom is 0.356 e. The van der Waals surface area contributed by atoms with Crippen LogP contribution in [0, 0.1) is 5.41 Å². The van der Waals surface area contributed by atoms with E-state index in [1.165, 1.54) is 13.5 Å². The van der Waals surface area contributed by atoms with E-state index in [1.54, 1.807) is 0 Å². The summed E-state index contributed by atoms with van der Waals surface area (Å²) >= 11 is 0. The lowest BCUT2D eigenvalue weighted by atomic mass is 9.73. The Morgan fingerprint density at radius 1 is 1.16 bits per heavy atom. The summed E-state index contributed by atoms with van der Waals surface area (Å²) in [6.07, 6.45) is 5.74. The van der Waals surface area contributed by atoms with Gasteiger partial charge in [-0.25, -0.2) is 14.5 Å². The van der Waals surface area contributed by atoms with Crippen molar-refractivity contribution in [1.29, 1.82) is 0 Å². The number of ether oxygens (including phenoxy) is 2. The van der Waals surface area contributed by atoms with Crippen molar-refractivity contribution in [3.8, 4) is 5.69 Å². The summed E-state index contributed by atoms with van der Waals surface area (Å²) in [5.41, 5.74) is 4.53. The molecule has 0 radical (unpaired) electrons. The van der Waals surface area contributed by atoms with E-state index < -0.39 is 5.97 Å². The first-order valence-electron chi connectivity index (χ1n) is 11.6. The largest absolute Gasteiger partial charge is 0.464 e. The van der Waals surface area contributed by atoms with E-state index in [1.807, 2.05) is 41.1 Å². The molecule has 1 spiro atoms. The molecule has 3 aliphatic rings. The molecule has 1 aromatic carbocycles. The SMILES string of the molecule is COC(=O)c1cc(N2CC3(CCOCC3)C2)c2c(C3CCC3)nn(-c3ccccc3)c2n1. The van der Waals surface area contributed by atoms with Gasteiger partial charge in [0.05, 0.1) is 29.6 Å². The highest BCUT2D eigenvalue weighted by molar-refractivity contribution is 5.99. The fraction of sp³-hybridized carbons (Fsp3) is 0.480. The highest BCUT2D eigenvalue weighted by Crippen LogP contribution is 2.47. The summed E-state index contributed by atoms with van der Waals surface area (Å²) in [6, 6.07) is 12.0. The van der Waals surface area contributed by atoms with Crippen molar-refractivity contribution < 1.29 is 14.3 Å². The average molecular weight is 433 g/mol. The normalized spacial score (nSPS) is 20.2. The number of carbonyl (C=O) groups is 1. The molecular weight excluding hydrogens is 404 g/mol. The second kappa shape index (κ2) is 7.59. The molecule has 6 rings (SSSR count). The third-order valence-corrected chi connectivity index (χ3v) is 7.48. The van der Waals surface area contributed by atoms with Crippen molar-refractivity contribution in [2.45, 2.75) is 38.0 Å². The molecule has 0 amide bonds. The molecule has 3 fully saturated rings.